The maximum Gasteiger partial charge on any atom is 0.322 e. The molecule has 0 saturated heterocycles. The summed E-state index contributed by atoms with van der Waals surface area (Å²) in [5.74, 6) is -1.00. The SMILES string of the molecule is CCCCCC(=O)OS(=O)(=O)CCN. The number of hydrogen-bond acceptors (Lipinski definition) is 5. The maximum atomic E-state index is 11.0. The fraction of sp³-hybridized carbons (Fsp3) is 0.875. The summed E-state index contributed by atoms with van der Waals surface area (Å²) in [6.45, 7) is 1.96. The van der Waals surface area contributed by atoms with Gasteiger partial charge in [0.25, 0.3) is 0 Å². The number of rotatable bonds is 7. The van der Waals surface area contributed by atoms with E-state index in [1.54, 1.807) is 0 Å². The Bertz CT molecular complexity index is 261. The van der Waals surface area contributed by atoms with E-state index in [1.165, 1.54) is 0 Å². The molecule has 0 fully saturated rings. The van der Waals surface area contributed by atoms with Crippen molar-refractivity contribution in [1.82, 2.24) is 0 Å². The Morgan fingerprint density at radius 2 is 2.00 bits per heavy atom. The molecule has 0 rings (SSSR count). The summed E-state index contributed by atoms with van der Waals surface area (Å²) in [4.78, 5) is 11.0. The summed E-state index contributed by atoms with van der Waals surface area (Å²) in [6, 6.07) is 0. The monoisotopic (exact) mass is 223 g/mol. The van der Waals surface area contributed by atoms with Crippen molar-refractivity contribution in [2.24, 2.45) is 5.73 Å². The van der Waals surface area contributed by atoms with E-state index >= 15 is 0 Å². The van der Waals surface area contributed by atoms with E-state index in [0.717, 1.165) is 12.8 Å². The number of hydrogen-bond donors (Lipinski definition) is 1. The van der Waals surface area contributed by atoms with Crippen LogP contribution in [0.15, 0.2) is 0 Å². The van der Waals surface area contributed by atoms with Crippen molar-refractivity contribution in [3.8, 4) is 0 Å². The summed E-state index contributed by atoms with van der Waals surface area (Å²) in [6.07, 6.45) is 2.68. The Kier molecular flexibility index (Phi) is 6.48. The zero-order valence-corrected chi connectivity index (χ0v) is 9.18. The van der Waals surface area contributed by atoms with Crippen LogP contribution in [0.1, 0.15) is 32.6 Å². The minimum Gasteiger partial charge on any atom is -0.346 e. The Hall–Kier alpha value is -0.620. The second-order valence-corrected chi connectivity index (χ2v) is 4.65. The van der Waals surface area contributed by atoms with Gasteiger partial charge in [0.2, 0.25) is 0 Å². The van der Waals surface area contributed by atoms with Crippen molar-refractivity contribution >= 4 is 16.1 Å². The Labute approximate surface area is 84.7 Å². The molecule has 2 N–H and O–H groups in total. The van der Waals surface area contributed by atoms with Gasteiger partial charge in [0, 0.05) is 13.0 Å². The molecular weight excluding hydrogens is 206 g/mol. The average Bonchev–Trinajstić information content (AvgIpc) is 2.03. The topological polar surface area (TPSA) is 86.5 Å². The lowest BCUT2D eigenvalue weighted by atomic mass is 10.2. The highest BCUT2D eigenvalue weighted by Crippen LogP contribution is 2.03. The van der Waals surface area contributed by atoms with E-state index in [9.17, 15) is 13.2 Å². The molecule has 0 unspecified atom stereocenters. The molecule has 0 heterocycles. The van der Waals surface area contributed by atoms with Crippen LogP contribution in [0.2, 0.25) is 0 Å². The molecule has 0 spiro atoms. The third-order valence-corrected chi connectivity index (χ3v) is 2.75. The summed E-state index contributed by atoms with van der Waals surface area (Å²) in [5.41, 5.74) is 5.04. The molecule has 0 aliphatic heterocycles. The van der Waals surface area contributed by atoms with Crippen molar-refractivity contribution in [3.63, 3.8) is 0 Å². The zero-order valence-electron chi connectivity index (χ0n) is 8.36. The minimum atomic E-state index is -3.74. The molecule has 0 bridgehead atoms. The average molecular weight is 223 g/mol. The van der Waals surface area contributed by atoms with Crippen LogP contribution in [-0.4, -0.2) is 26.7 Å². The molecule has 6 heteroatoms. The normalized spacial score (nSPS) is 11.3. The van der Waals surface area contributed by atoms with E-state index < -0.39 is 16.1 Å². The lowest BCUT2D eigenvalue weighted by Gasteiger charge is -2.03. The highest BCUT2D eigenvalue weighted by atomic mass is 32.2. The van der Waals surface area contributed by atoms with Crippen molar-refractivity contribution in [3.05, 3.63) is 0 Å². The second kappa shape index (κ2) is 6.78. The van der Waals surface area contributed by atoms with Crippen molar-refractivity contribution < 1.29 is 17.4 Å². The predicted octanol–water partition coefficient (Wildman–Crippen LogP) is 0.398. The quantitative estimate of drug-likeness (QED) is 0.498. The first kappa shape index (κ1) is 13.4. The smallest absolute Gasteiger partial charge is 0.322 e. The van der Waals surface area contributed by atoms with Crippen LogP contribution >= 0.6 is 0 Å². The molecule has 5 nitrogen and oxygen atoms in total. The van der Waals surface area contributed by atoms with Gasteiger partial charge in [-0.25, -0.2) is 0 Å². The first-order chi connectivity index (χ1) is 6.52. The van der Waals surface area contributed by atoms with Crippen LogP contribution in [-0.2, 0) is 19.1 Å². The molecule has 0 aliphatic rings. The van der Waals surface area contributed by atoms with Crippen LogP contribution in [0.25, 0.3) is 0 Å². The second-order valence-electron chi connectivity index (χ2n) is 2.96. The third-order valence-electron chi connectivity index (χ3n) is 1.57. The molecule has 0 aromatic heterocycles. The highest BCUT2D eigenvalue weighted by molar-refractivity contribution is 7.87. The van der Waals surface area contributed by atoms with Crippen LogP contribution in [0, 0.1) is 0 Å². The Morgan fingerprint density at radius 1 is 1.36 bits per heavy atom. The Morgan fingerprint density at radius 3 is 2.50 bits per heavy atom. The zero-order chi connectivity index (χ0) is 11.0. The molecule has 0 aromatic carbocycles. The molecule has 0 amide bonds. The first-order valence-corrected chi connectivity index (χ1v) is 6.24. The molecule has 84 valence electrons. The van der Waals surface area contributed by atoms with Crippen molar-refractivity contribution in [1.29, 1.82) is 0 Å². The molecule has 0 radical (unpaired) electrons. The summed E-state index contributed by atoms with van der Waals surface area (Å²) >= 11 is 0. The van der Waals surface area contributed by atoms with Crippen molar-refractivity contribution in [2.45, 2.75) is 32.6 Å². The predicted molar refractivity (Wildman–Crippen MR) is 53.1 cm³/mol. The van der Waals surface area contributed by atoms with Gasteiger partial charge in [0.05, 0.1) is 5.75 Å². The lowest BCUT2D eigenvalue weighted by molar-refractivity contribution is -0.133. The fourth-order valence-corrected chi connectivity index (χ4v) is 1.63. The van der Waals surface area contributed by atoms with Gasteiger partial charge < -0.3 is 9.92 Å². The van der Waals surface area contributed by atoms with E-state index in [-0.39, 0.29) is 18.7 Å². The standard InChI is InChI=1S/C8H17NO4S/c1-2-3-4-5-8(10)13-14(11,12)7-6-9/h2-7,9H2,1H3. The van der Waals surface area contributed by atoms with E-state index in [2.05, 4.69) is 4.18 Å². The van der Waals surface area contributed by atoms with Gasteiger partial charge >= 0.3 is 16.1 Å². The van der Waals surface area contributed by atoms with Crippen LogP contribution in [0.3, 0.4) is 0 Å². The lowest BCUT2D eigenvalue weighted by Crippen LogP contribution is -2.21. The largest absolute Gasteiger partial charge is 0.346 e. The maximum absolute atomic E-state index is 11.0. The van der Waals surface area contributed by atoms with Gasteiger partial charge in [0.15, 0.2) is 0 Å². The molecule has 14 heavy (non-hydrogen) atoms. The van der Waals surface area contributed by atoms with Crippen LogP contribution in [0.4, 0.5) is 0 Å². The molecule has 0 atom stereocenters. The highest BCUT2D eigenvalue weighted by Gasteiger charge is 2.15. The molecule has 0 aromatic rings. The van der Waals surface area contributed by atoms with Gasteiger partial charge in [0.1, 0.15) is 0 Å². The molecule has 0 saturated carbocycles. The molecule has 0 aliphatic carbocycles. The van der Waals surface area contributed by atoms with Crippen molar-refractivity contribution in [2.75, 3.05) is 12.3 Å². The van der Waals surface area contributed by atoms with E-state index in [0.29, 0.717) is 6.42 Å². The first-order valence-electron chi connectivity index (χ1n) is 4.67. The number of unbranched alkanes of at least 4 members (excludes halogenated alkanes) is 2. The van der Waals surface area contributed by atoms with Gasteiger partial charge in [-0.1, -0.05) is 19.8 Å². The van der Waals surface area contributed by atoms with Gasteiger partial charge in [-0.05, 0) is 6.42 Å². The van der Waals surface area contributed by atoms with E-state index in [4.69, 9.17) is 5.73 Å². The minimum absolute atomic E-state index is 0.0371. The van der Waals surface area contributed by atoms with Crippen LogP contribution < -0.4 is 5.73 Å². The fourth-order valence-electron chi connectivity index (χ4n) is 0.889. The summed E-state index contributed by atoms with van der Waals surface area (Å²) in [5, 5.41) is 0. The van der Waals surface area contributed by atoms with Gasteiger partial charge in [-0.3, -0.25) is 4.79 Å². The number of carbonyl (C=O) groups excluding carboxylic acids is 1. The summed E-state index contributed by atoms with van der Waals surface area (Å²) < 4.78 is 26.2. The molecular formula is C8H17NO4S. The van der Waals surface area contributed by atoms with Gasteiger partial charge in [-0.15, -0.1) is 0 Å². The van der Waals surface area contributed by atoms with Gasteiger partial charge in [-0.2, -0.15) is 8.42 Å². The summed E-state index contributed by atoms with van der Waals surface area (Å²) in [7, 11) is -3.74. The third kappa shape index (κ3) is 6.85. The number of carbonyl (C=O) groups is 1. The number of nitrogens with two attached hydrogens (primary N) is 1. The Balaban J connectivity index is 3.82. The van der Waals surface area contributed by atoms with Crippen LogP contribution in [0.5, 0.6) is 0 Å². The van der Waals surface area contributed by atoms with E-state index in [1.807, 2.05) is 6.92 Å².